The molecule has 0 heterocycles. The molecule has 2 rings (SSSR count). The van der Waals surface area contributed by atoms with Gasteiger partial charge in [0.25, 0.3) is 0 Å². The molecule has 2 aromatic carbocycles. The van der Waals surface area contributed by atoms with E-state index in [1.807, 2.05) is 63.2 Å². The topological polar surface area (TPSA) is 34.1 Å². The van der Waals surface area contributed by atoms with Crippen LogP contribution in [0.25, 0.3) is 6.08 Å². The Balaban J connectivity index is 0.000000240. The number of allylic oxidation sites excluding steroid dienone is 1. The molecule has 0 unspecified atom stereocenters. The number of carbonyl (C=O) groups is 2. The van der Waals surface area contributed by atoms with Gasteiger partial charge in [-0.3, -0.25) is 9.59 Å². The second-order valence-electron chi connectivity index (χ2n) is 6.15. The molecule has 0 aliphatic rings. The summed E-state index contributed by atoms with van der Waals surface area (Å²) in [5.74, 6) is 0.219. The minimum absolute atomic E-state index is 0.0792. The normalized spacial score (nSPS) is 10.2. The fourth-order valence-electron chi connectivity index (χ4n) is 2.13. The summed E-state index contributed by atoms with van der Waals surface area (Å²) in [6.07, 6.45) is 3.40. The summed E-state index contributed by atoms with van der Waals surface area (Å²) in [6.45, 7) is 11.3. The smallest absolute Gasteiger partial charge is 0.159 e. The van der Waals surface area contributed by atoms with Crippen LogP contribution in [0.5, 0.6) is 0 Å². The van der Waals surface area contributed by atoms with Crippen LogP contribution in [-0.4, -0.2) is 11.6 Å². The van der Waals surface area contributed by atoms with E-state index in [2.05, 4.69) is 6.92 Å². The highest BCUT2D eigenvalue weighted by atomic mass is 16.1. The summed E-state index contributed by atoms with van der Waals surface area (Å²) in [6, 6.07) is 11.9. The van der Waals surface area contributed by atoms with Gasteiger partial charge in [0.15, 0.2) is 11.6 Å². The van der Waals surface area contributed by atoms with Crippen molar-refractivity contribution in [3.05, 3.63) is 75.9 Å². The molecule has 0 fully saturated rings. The van der Waals surface area contributed by atoms with Crippen molar-refractivity contribution < 1.29 is 9.59 Å². The standard InChI is InChI=1S/C11H14O.C11H12O/c1-7-5-11(10(4)12)6-8(2)9(7)3;1-9-3-6-11(7-4-9)8-5-10(2)12/h5-6H,1-4H3;3-8H,1-2H3/b;8-5+. The van der Waals surface area contributed by atoms with Crippen LogP contribution >= 0.6 is 0 Å². The molecule has 0 saturated carbocycles. The summed E-state index contributed by atoms with van der Waals surface area (Å²) in [5.41, 5.74) is 6.78. The van der Waals surface area contributed by atoms with Crippen LogP contribution in [-0.2, 0) is 4.79 Å². The van der Waals surface area contributed by atoms with Crippen LogP contribution < -0.4 is 0 Å². The Morgan fingerprint density at radius 2 is 1.33 bits per heavy atom. The van der Waals surface area contributed by atoms with Gasteiger partial charge in [0.1, 0.15) is 0 Å². The molecule has 0 N–H and O–H groups in total. The quantitative estimate of drug-likeness (QED) is 0.559. The third-order valence-electron chi connectivity index (χ3n) is 3.92. The maximum Gasteiger partial charge on any atom is 0.159 e. The minimum Gasteiger partial charge on any atom is -0.295 e. The predicted molar refractivity (Wildman–Crippen MR) is 102 cm³/mol. The van der Waals surface area contributed by atoms with Gasteiger partial charge in [0, 0.05) is 5.56 Å². The number of carbonyl (C=O) groups excluding carboxylic acids is 2. The number of hydrogen-bond acceptors (Lipinski definition) is 2. The van der Waals surface area contributed by atoms with Crippen LogP contribution in [0.1, 0.15) is 52.0 Å². The van der Waals surface area contributed by atoms with Gasteiger partial charge in [-0.05, 0) is 82.0 Å². The van der Waals surface area contributed by atoms with Crippen LogP contribution in [0, 0.1) is 27.7 Å². The number of rotatable bonds is 3. The van der Waals surface area contributed by atoms with E-state index < -0.39 is 0 Å². The SMILES string of the molecule is CC(=O)/C=C/c1ccc(C)cc1.CC(=O)c1cc(C)c(C)c(C)c1. The summed E-state index contributed by atoms with van der Waals surface area (Å²) in [4.78, 5) is 21.7. The maximum absolute atomic E-state index is 11.1. The first-order valence-electron chi connectivity index (χ1n) is 8.04. The Labute approximate surface area is 145 Å². The van der Waals surface area contributed by atoms with Crippen molar-refractivity contribution in [2.24, 2.45) is 0 Å². The molecule has 0 aromatic heterocycles. The first kappa shape index (κ1) is 19.6. The van der Waals surface area contributed by atoms with Gasteiger partial charge >= 0.3 is 0 Å². The molecule has 2 heteroatoms. The molecule has 0 spiro atoms. The van der Waals surface area contributed by atoms with Crippen molar-refractivity contribution in [2.45, 2.75) is 41.5 Å². The molecule has 24 heavy (non-hydrogen) atoms. The van der Waals surface area contributed by atoms with Gasteiger partial charge < -0.3 is 0 Å². The van der Waals surface area contributed by atoms with Gasteiger partial charge in [-0.15, -0.1) is 0 Å². The van der Waals surface area contributed by atoms with E-state index in [-0.39, 0.29) is 11.6 Å². The van der Waals surface area contributed by atoms with Crippen LogP contribution in [0.2, 0.25) is 0 Å². The molecule has 0 saturated heterocycles. The van der Waals surface area contributed by atoms with E-state index >= 15 is 0 Å². The lowest BCUT2D eigenvalue weighted by molar-refractivity contribution is -0.112. The van der Waals surface area contributed by atoms with E-state index in [0.29, 0.717) is 0 Å². The van der Waals surface area contributed by atoms with Crippen LogP contribution in [0.3, 0.4) is 0 Å². The van der Waals surface area contributed by atoms with Crippen LogP contribution in [0.4, 0.5) is 0 Å². The molecular formula is C22H26O2. The van der Waals surface area contributed by atoms with Gasteiger partial charge in [0.05, 0.1) is 0 Å². The van der Waals surface area contributed by atoms with Crippen molar-refractivity contribution in [3.63, 3.8) is 0 Å². The van der Waals surface area contributed by atoms with Gasteiger partial charge in [-0.1, -0.05) is 35.9 Å². The number of hydrogen-bond donors (Lipinski definition) is 0. The molecule has 126 valence electrons. The summed E-state index contributed by atoms with van der Waals surface area (Å²) in [5, 5.41) is 0. The lowest BCUT2D eigenvalue weighted by Crippen LogP contribution is -1.96. The van der Waals surface area contributed by atoms with Crippen molar-refractivity contribution >= 4 is 17.6 Å². The third kappa shape index (κ3) is 6.33. The zero-order valence-corrected chi connectivity index (χ0v) is 15.4. The Kier molecular flexibility index (Phi) is 7.31. The zero-order valence-electron chi connectivity index (χ0n) is 15.4. The largest absolute Gasteiger partial charge is 0.295 e. The highest BCUT2D eigenvalue weighted by molar-refractivity contribution is 5.94. The van der Waals surface area contributed by atoms with Gasteiger partial charge in [-0.2, -0.15) is 0 Å². The average Bonchev–Trinajstić information content (AvgIpc) is 2.52. The molecule has 0 radical (unpaired) electrons. The number of benzene rings is 2. The number of Topliss-reactive ketones (excluding diaryl/α,β-unsaturated/α-hetero) is 1. The summed E-state index contributed by atoms with van der Waals surface area (Å²) in [7, 11) is 0. The third-order valence-corrected chi connectivity index (χ3v) is 3.92. The Hall–Kier alpha value is -2.48. The van der Waals surface area contributed by atoms with Crippen molar-refractivity contribution in [1.82, 2.24) is 0 Å². The molecular weight excluding hydrogens is 296 g/mol. The second kappa shape index (κ2) is 8.97. The van der Waals surface area contributed by atoms with E-state index in [9.17, 15) is 9.59 Å². The lowest BCUT2D eigenvalue weighted by atomic mass is 9.99. The van der Waals surface area contributed by atoms with E-state index in [0.717, 1.165) is 11.1 Å². The lowest BCUT2D eigenvalue weighted by Gasteiger charge is -2.06. The monoisotopic (exact) mass is 322 g/mol. The molecule has 0 bridgehead atoms. The fourth-order valence-corrected chi connectivity index (χ4v) is 2.13. The molecule has 0 aliphatic carbocycles. The van der Waals surface area contributed by atoms with Crippen molar-refractivity contribution in [2.75, 3.05) is 0 Å². The first-order chi connectivity index (χ1) is 11.2. The predicted octanol–water partition coefficient (Wildman–Crippen LogP) is 5.41. The average molecular weight is 322 g/mol. The van der Waals surface area contributed by atoms with Crippen molar-refractivity contribution in [3.8, 4) is 0 Å². The Morgan fingerprint density at radius 1 is 0.833 bits per heavy atom. The second-order valence-corrected chi connectivity index (χ2v) is 6.15. The van der Waals surface area contributed by atoms with E-state index in [4.69, 9.17) is 0 Å². The maximum atomic E-state index is 11.1. The Morgan fingerprint density at radius 3 is 1.75 bits per heavy atom. The summed E-state index contributed by atoms with van der Waals surface area (Å²) >= 11 is 0. The van der Waals surface area contributed by atoms with Gasteiger partial charge in [0.2, 0.25) is 0 Å². The van der Waals surface area contributed by atoms with Crippen molar-refractivity contribution in [1.29, 1.82) is 0 Å². The number of aryl methyl sites for hydroxylation is 3. The molecule has 2 nitrogen and oxygen atoms in total. The highest BCUT2D eigenvalue weighted by Gasteiger charge is 2.03. The number of ketones is 2. The van der Waals surface area contributed by atoms with E-state index in [1.54, 1.807) is 19.9 Å². The van der Waals surface area contributed by atoms with Crippen LogP contribution in [0.15, 0.2) is 42.5 Å². The molecule has 0 atom stereocenters. The summed E-state index contributed by atoms with van der Waals surface area (Å²) < 4.78 is 0. The van der Waals surface area contributed by atoms with E-state index in [1.165, 1.54) is 22.3 Å². The Bertz CT molecular complexity index is 727. The molecule has 0 amide bonds. The molecule has 0 aliphatic heterocycles. The molecule has 2 aromatic rings. The highest BCUT2D eigenvalue weighted by Crippen LogP contribution is 2.15. The minimum atomic E-state index is 0.0792. The van der Waals surface area contributed by atoms with Gasteiger partial charge in [-0.25, -0.2) is 0 Å². The zero-order chi connectivity index (χ0) is 18.3. The first-order valence-corrected chi connectivity index (χ1v) is 8.04. The fraction of sp³-hybridized carbons (Fsp3) is 0.273.